The van der Waals surface area contributed by atoms with Crippen molar-refractivity contribution in [3.05, 3.63) is 34.9 Å². The van der Waals surface area contributed by atoms with E-state index in [1.165, 1.54) is 0 Å². The third-order valence-corrected chi connectivity index (χ3v) is 3.23. The van der Waals surface area contributed by atoms with Crippen LogP contribution in [0.2, 0.25) is 0 Å². The van der Waals surface area contributed by atoms with Crippen LogP contribution in [0.25, 0.3) is 5.03 Å². The van der Waals surface area contributed by atoms with Crippen LogP contribution in [0.5, 0.6) is 5.75 Å². The van der Waals surface area contributed by atoms with Gasteiger partial charge in [-0.25, -0.2) is 0 Å². The Bertz CT molecular complexity index is 587. The highest BCUT2D eigenvalue weighted by molar-refractivity contribution is 6.52. The number of Topliss-reactive ketones (excluding diaryl/α,β-unsaturated/α-hetero) is 1. The van der Waals surface area contributed by atoms with Gasteiger partial charge in [0.05, 0.1) is 11.6 Å². The van der Waals surface area contributed by atoms with Crippen molar-refractivity contribution < 1.29 is 14.3 Å². The predicted molar refractivity (Wildman–Crippen MR) is 70.9 cm³/mol. The Hall–Kier alpha value is -1.83. The molecule has 0 heterocycles. The fourth-order valence-electron chi connectivity index (χ4n) is 1.88. The Labute approximate surface area is 116 Å². The summed E-state index contributed by atoms with van der Waals surface area (Å²) in [5.74, 6) is 0.397. The molecule has 5 heteroatoms. The summed E-state index contributed by atoms with van der Waals surface area (Å²) in [4.78, 5) is 11.7. The van der Waals surface area contributed by atoms with Crippen LogP contribution in [0.3, 0.4) is 0 Å². The Balaban J connectivity index is 2.32. The van der Waals surface area contributed by atoms with Crippen LogP contribution in [0.4, 0.5) is 0 Å². The van der Waals surface area contributed by atoms with E-state index >= 15 is 0 Å². The van der Waals surface area contributed by atoms with Crippen molar-refractivity contribution in [1.29, 1.82) is 5.26 Å². The number of methoxy groups -OCH3 is 1. The van der Waals surface area contributed by atoms with Gasteiger partial charge < -0.3 is 9.47 Å². The lowest BCUT2D eigenvalue weighted by atomic mass is 9.91. The number of nitriles is 1. The van der Waals surface area contributed by atoms with E-state index in [2.05, 4.69) is 0 Å². The smallest absolute Gasteiger partial charge is 0.179 e. The van der Waals surface area contributed by atoms with Gasteiger partial charge in [-0.1, -0.05) is 17.7 Å². The van der Waals surface area contributed by atoms with E-state index < -0.39 is 0 Å². The number of ketones is 1. The Morgan fingerprint density at radius 2 is 2.21 bits per heavy atom. The third-order valence-electron chi connectivity index (χ3n) is 2.84. The van der Waals surface area contributed by atoms with E-state index in [0.717, 1.165) is 5.56 Å². The van der Waals surface area contributed by atoms with Gasteiger partial charge in [-0.2, -0.15) is 5.26 Å². The highest BCUT2D eigenvalue weighted by Crippen LogP contribution is 2.34. The summed E-state index contributed by atoms with van der Waals surface area (Å²) in [6.45, 7) is 0.920. The summed E-state index contributed by atoms with van der Waals surface area (Å²) in [6, 6.07) is 7.18. The number of allylic oxidation sites excluding steroid dienone is 1. The summed E-state index contributed by atoms with van der Waals surface area (Å²) in [6.07, 6.45) is 0.201. The molecule has 2 rings (SSSR count). The van der Waals surface area contributed by atoms with Crippen molar-refractivity contribution >= 4 is 22.4 Å². The summed E-state index contributed by atoms with van der Waals surface area (Å²) < 4.78 is 10.4. The molecule has 0 N–H and O–H groups in total. The molecule has 0 unspecified atom stereocenters. The van der Waals surface area contributed by atoms with E-state index in [9.17, 15) is 4.79 Å². The highest BCUT2D eigenvalue weighted by atomic mass is 35.5. The van der Waals surface area contributed by atoms with Gasteiger partial charge in [-0.3, -0.25) is 4.79 Å². The first-order valence-electron chi connectivity index (χ1n) is 5.75. The van der Waals surface area contributed by atoms with Crippen molar-refractivity contribution in [2.45, 2.75) is 6.42 Å². The molecule has 19 heavy (non-hydrogen) atoms. The van der Waals surface area contributed by atoms with Gasteiger partial charge in [0.25, 0.3) is 0 Å². The first kappa shape index (κ1) is 13.6. The van der Waals surface area contributed by atoms with Crippen LogP contribution in [0, 0.1) is 11.3 Å². The number of ether oxygens (including phenoxy) is 2. The predicted octanol–water partition coefficient (Wildman–Crippen LogP) is 2.31. The second-order valence-corrected chi connectivity index (χ2v) is 4.44. The fraction of sp³-hybridized carbons (Fsp3) is 0.286. The summed E-state index contributed by atoms with van der Waals surface area (Å²) in [5, 5.41) is 9.14. The molecule has 1 aromatic carbocycles. The standard InChI is InChI=1S/C14H12ClNO3/c1-18-4-5-19-10-3-2-9-6-13(17)12(8-16)14(15)11(9)7-10/h2-3,7H,4-6H2,1H3. The molecule has 1 aliphatic carbocycles. The molecule has 1 aliphatic rings. The molecular weight excluding hydrogens is 266 g/mol. The molecule has 1 aromatic rings. The number of hydrogen-bond donors (Lipinski definition) is 0. The number of carbonyl (C=O) groups excluding carboxylic acids is 1. The zero-order valence-corrected chi connectivity index (χ0v) is 11.2. The van der Waals surface area contributed by atoms with Gasteiger partial charge in [0.2, 0.25) is 0 Å². The van der Waals surface area contributed by atoms with Gasteiger partial charge in [-0.15, -0.1) is 0 Å². The maximum absolute atomic E-state index is 11.7. The van der Waals surface area contributed by atoms with Crippen LogP contribution in [-0.4, -0.2) is 26.1 Å². The molecule has 0 saturated carbocycles. The third kappa shape index (κ3) is 2.78. The van der Waals surface area contributed by atoms with Crippen molar-refractivity contribution in [3.63, 3.8) is 0 Å². The average molecular weight is 278 g/mol. The SMILES string of the molecule is COCCOc1ccc2c(c1)C(Cl)=C(C#N)C(=O)C2. The maximum atomic E-state index is 11.7. The van der Waals surface area contributed by atoms with Crippen molar-refractivity contribution in [3.8, 4) is 11.8 Å². The molecule has 0 aliphatic heterocycles. The molecule has 0 atom stereocenters. The number of carbonyl (C=O) groups is 1. The lowest BCUT2D eigenvalue weighted by molar-refractivity contribution is -0.114. The number of fused-ring (bicyclic) bond motifs is 1. The zero-order chi connectivity index (χ0) is 13.8. The van der Waals surface area contributed by atoms with Crippen LogP contribution >= 0.6 is 11.6 Å². The molecule has 0 amide bonds. The molecule has 4 nitrogen and oxygen atoms in total. The Kier molecular flexibility index (Phi) is 4.20. The number of rotatable bonds is 4. The fourth-order valence-corrected chi connectivity index (χ4v) is 2.20. The highest BCUT2D eigenvalue weighted by Gasteiger charge is 2.24. The quantitative estimate of drug-likeness (QED) is 0.793. The molecular formula is C14H12ClNO3. The molecule has 0 spiro atoms. The van der Waals surface area contributed by atoms with E-state index in [4.69, 9.17) is 26.3 Å². The van der Waals surface area contributed by atoms with Gasteiger partial charge in [0, 0.05) is 19.1 Å². The van der Waals surface area contributed by atoms with E-state index in [0.29, 0.717) is 24.5 Å². The van der Waals surface area contributed by atoms with Crippen LogP contribution in [-0.2, 0) is 16.0 Å². The number of benzene rings is 1. The molecule has 0 radical (unpaired) electrons. The molecule has 0 bridgehead atoms. The number of hydrogen-bond acceptors (Lipinski definition) is 4. The summed E-state index contributed by atoms with van der Waals surface area (Å²) in [7, 11) is 1.60. The first-order chi connectivity index (χ1) is 9.17. The molecule has 0 fully saturated rings. The second-order valence-electron chi connectivity index (χ2n) is 4.06. The normalized spacial score (nSPS) is 14.1. The number of halogens is 1. The van der Waals surface area contributed by atoms with Crippen LogP contribution in [0.1, 0.15) is 11.1 Å². The van der Waals surface area contributed by atoms with Gasteiger partial charge >= 0.3 is 0 Å². The van der Waals surface area contributed by atoms with Gasteiger partial charge in [-0.05, 0) is 17.7 Å². The Morgan fingerprint density at radius 1 is 1.42 bits per heavy atom. The lowest BCUT2D eigenvalue weighted by Crippen LogP contribution is -2.13. The summed E-state index contributed by atoms with van der Waals surface area (Å²) in [5.41, 5.74) is 1.52. The van der Waals surface area contributed by atoms with Crippen molar-refractivity contribution in [2.24, 2.45) is 0 Å². The van der Waals surface area contributed by atoms with Crippen molar-refractivity contribution in [1.82, 2.24) is 0 Å². The Morgan fingerprint density at radius 3 is 2.89 bits per heavy atom. The van der Waals surface area contributed by atoms with Crippen LogP contribution in [0.15, 0.2) is 23.8 Å². The van der Waals surface area contributed by atoms with E-state index in [1.807, 2.05) is 6.07 Å². The largest absolute Gasteiger partial charge is 0.491 e. The second kappa shape index (κ2) is 5.87. The van der Waals surface area contributed by atoms with Crippen LogP contribution < -0.4 is 4.74 Å². The maximum Gasteiger partial charge on any atom is 0.179 e. The van der Waals surface area contributed by atoms with E-state index in [1.54, 1.807) is 25.3 Å². The average Bonchev–Trinajstić information content (AvgIpc) is 2.40. The van der Waals surface area contributed by atoms with Gasteiger partial charge in [0.15, 0.2) is 5.78 Å². The van der Waals surface area contributed by atoms with E-state index in [-0.39, 0.29) is 22.8 Å². The minimum absolute atomic E-state index is 0.0169. The summed E-state index contributed by atoms with van der Waals surface area (Å²) >= 11 is 6.10. The monoisotopic (exact) mass is 277 g/mol. The molecule has 0 saturated heterocycles. The lowest BCUT2D eigenvalue weighted by Gasteiger charge is -2.16. The van der Waals surface area contributed by atoms with Crippen molar-refractivity contribution in [2.75, 3.05) is 20.3 Å². The minimum Gasteiger partial charge on any atom is -0.491 e. The topological polar surface area (TPSA) is 59.3 Å². The molecule has 0 aromatic heterocycles. The first-order valence-corrected chi connectivity index (χ1v) is 6.13. The molecule has 98 valence electrons. The zero-order valence-electron chi connectivity index (χ0n) is 10.4. The van der Waals surface area contributed by atoms with Gasteiger partial charge in [0.1, 0.15) is 24.0 Å². The number of nitrogens with zero attached hydrogens (tertiary/aromatic N) is 1. The minimum atomic E-state index is -0.243.